The number of nitrogens with zero attached hydrogens (tertiary/aromatic N) is 3. The number of aromatic nitrogens is 2. The van der Waals surface area contributed by atoms with Gasteiger partial charge in [-0.15, -0.1) is 11.3 Å². The highest BCUT2D eigenvalue weighted by Crippen LogP contribution is 2.37. The van der Waals surface area contributed by atoms with E-state index in [1.807, 2.05) is 18.4 Å². The molecule has 0 spiro atoms. The van der Waals surface area contributed by atoms with Gasteiger partial charge in [-0.1, -0.05) is 12.5 Å². The zero-order valence-electron chi connectivity index (χ0n) is 16.0. The minimum Gasteiger partial charge on any atom is -0.508 e. The Bertz CT molecular complexity index is 1130. The Labute approximate surface area is 172 Å². The third kappa shape index (κ3) is 3.97. The van der Waals surface area contributed by atoms with Gasteiger partial charge < -0.3 is 14.8 Å². The highest BCUT2D eigenvalue weighted by molar-refractivity contribution is 7.22. The molecule has 1 aliphatic rings. The topological polar surface area (TPSA) is 74.4 Å². The fourth-order valence-corrected chi connectivity index (χ4v) is 4.76. The van der Waals surface area contributed by atoms with Crippen LogP contribution in [0.15, 0.2) is 53.4 Å². The maximum absolute atomic E-state index is 9.69. The van der Waals surface area contributed by atoms with Crippen LogP contribution >= 0.6 is 11.3 Å². The largest absolute Gasteiger partial charge is 0.508 e. The number of aromatic hydroxyl groups is 1. The van der Waals surface area contributed by atoms with E-state index in [-0.39, 0.29) is 5.75 Å². The summed E-state index contributed by atoms with van der Waals surface area (Å²) in [5.41, 5.74) is 2.86. The van der Waals surface area contributed by atoms with Crippen LogP contribution in [0.25, 0.3) is 20.9 Å². The van der Waals surface area contributed by atoms with Crippen molar-refractivity contribution in [2.75, 3.05) is 18.4 Å². The van der Waals surface area contributed by atoms with Crippen molar-refractivity contribution in [3.63, 3.8) is 0 Å². The first kappa shape index (κ1) is 18.1. The van der Waals surface area contributed by atoms with Gasteiger partial charge in [0.25, 0.3) is 0 Å². The summed E-state index contributed by atoms with van der Waals surface area (Å²) in [6, 6.07) is 11.2. The Balaban J connectivity index is 1.40. The molecule has 6 nitrogen and oxygen atoms in total. The third-order valence-corrected chi connectivity index (χ3v) is 6.32. The Hall–Kier alpha value is -2.90. The summed E-state index contributed by atoms with van der Waals surface area (Å²) >= 11 is 1.60. The Kier molecular flexibility index (Phi) is 4.91. The van der Waals surface area contributed by atoms with Crippen LogP contribution in [0, 0.1) is 0 Å². The summed E-state index contributed by atoms with van der Waals surface area (Å²) in [7, 11) is 0. The van der Waals surface area contributed by atoms with E-state index in [1.165, 1.54) is 37.9 Å². The summed E-state index contributed by atoms with van der Waals surface area (Å²) in [4.78, 5) is 12.3. The van der Waals surface area contributed by atoms with Crippen molar-refractivity contribution in [3.8, 4) is 16.4 Å². The minimum atomic E-state index is 0.212. The number of benzene rings is 1. The molecule has 2 N–H and O–H groups in total. The highest BCUT2D eigenvalue weighted by Gasteiger charge is 2.15. The summed E-state index contributed by atoms with van der Waals surface area (Å²) in [6.45, 7) is 3.28. The molecule has 0 radical (unpaired) electrons. The smallest absolute Gasteiger partial charge is 0.151 e. The lowest BCUT2D eigenvalue weighted by Crippen LogP contribution is -2.28. The van der Waals surface area contributed by atoms with E-state index in [9.17, 15) is 5.11 Å². The summed E-state index contributed by atoms with van der Waals surface area (Å²) in [5, 5.41) is 13.0. The number of rotatable bonds is 5. The molecule has 7 heteroatoms. The van der Waals surface area contributed by atoms with Crippen LogP contribution in [0.3, 0.4) is 0 Å². The summed E-state index contributed by atoms with van der Waals surface area (Å²) in [6.07, 6.45) is 7.33. The molecule has 1 fully saturated rings. The number of piperidine rings is 1. The van der Waals surface area contributed by atoms with E-state index in [4.69, 9.17) is 4.42 Å². The van der Waals surface area contributed by atoms with Crippen LogP contribution in [0.5, 0.6) is 5.75 Å². The second-order valence-corrected chi connectivity index (χ2v) is 8.43. The summed E-state index contributed by atoms with van der Waals surface area (Å²) in [5.74, 6) is 1.80. The number of phenolic OH excluding ortho intramolecular Hbond substituents is 1. The van der Waals surface area contributed by atoms with Gasteiger partial charge >= 0.3 is 0 Å². The molecule has 4 aromatic rings. The van der Waals surface area contributed by atoms with Gasteiger partial charge in [0.15, 0.2) is 5.82 Å². The van der Waals surface area contributed by atoms with E-state index < -0.39 is 0 Å². The van der Waals surface area contributed by atoms with Gasteiger partial charge in [-0.3, -0.25) is 4.90 Å². The quantitative estimate of drug-likeness (QED) is 0.463. The van der Waals surface area contributed by atoms with Crippen LogP contribution in [0.4, 0.5) is 11.5 Å². The molecular formula is C22H22N4O2S. The molecule has 0 atom stereocenters. The Morgan fingerprint density at radius 1 is 1.10 bits per heavy atom. The monoisotopic (exact) mass is 406 g/mol. The van der Waals surface area contributed by atoms with Crippen molar-refractivity contribution < 1.29 is 9.52 Å². The number of hydrogen-bond donors (Lipinski definition) is 2. The average molecular weight is 407 g/mol. The molecular weight excluding hydrogens is 384 g/mol. The number of furan rings is 1. The van der Waals surface area contributed by atoms with Crippen LogP contribution < -0.4 is 5.32 Å². The SMILES string of the molecule is Oc1cccc(Nc2ncnc3cc(-c4cc(CN5CCCCC5)co4)sc23)c1. The standard InChI is InChI=1S/C22H22N4O2S/c27-17-6-4-5-16(10-17)25-22-21-18(23-14-24-22)11-20(29-21)19-9-15(13-28-19)12-26-7-2-1-3-8-26/h4-6,9-11,13-14,27H,1-3,7-8,12H2,(H,23,24,25). The van der Waals surface area contributed by atoms with Gasteiger partial charge in [-0.05, 0) is 50.2 Å². The number of anilines is 2. The van der Waals surface area contributed by atoms with Crippen molar-refractivity contribution in [2.45, 2.75) is 25.8 Å². The van der Waals surface area contributed by atoms with E-state index in [0.29, 0.717) is 0 Å². The van der Waals surface area contributed by atoms with Gasteiger partial charge in [-0.2, -0.15) is 0 Å². The zero-order valence-corrected chi connectivity index (χ0v) is 16.8. The fraction of sp³-hybridized carbons (Fsp3) is 0.273. The molecule has 1 saturated heterocycles. The molecule has 0 amide bonds. The molecule has 0 saturated carbocycles. The molecule has 0 bridgehead atoms. The predicted molar refractivity (Wildman–Crippen MR) is 116 cm³/mol. The van der Waals surface area contributed by atoms with Crippen LogP contribution in [0.2, 0.25) is 0 Å². The zero-order chi connectivity index (χ0) is 19.6. The lowest BCUT2D eigenvalue weighted by atomic mass is 10.1. The number of likely N-dealkylation sites (tertiary alicyclic amines) is 1. The van der Waals surface area contributed by atoms with Gasteiger partial charge in [0.1, 0.15) is 17.8 Å². The first-order chi connectivity index (χ1) is 14.2. The third-order valence-electron chi connectivity index (χ3n) is 5.17. The highest BCUT2D eigenvalue weighted by atomic mass is 32.1. The van der Waals surface area contributed by atoms with Crippen LogP contribution in [-0.2, 0) is 6.54 Å². The van der Waals surface area contributed by atoms with E-state index in [0.717, 1.165) is 38.9 Å². The lowest BCUT2D eigenvalue weighted by molar-refractivity contribution is 0.220. The molecule has 4 heterocycles. The number of nitrogens with one attached hydrogen (secondary N) is 1. The maximum atomic E-state index is 9.69. The second-order valence-electron chi connectivity index (χ2n) is 7.38. The number of hydrogen-bond acceptors (Lipinski definition) is 7. The van der Waals surface area contributed by atoms with Gasteiger partial charge in [-0.25, -0.2) is 9.97 Å². The molecule has 29 heavy (non-hydrogen) atoms. The van der Waals surface area contributed by atoms with Crippen molar-refractivity contribution in [3.05, 3.63) is 54.6 Å². The van der Waals surface area contributed by atoms with Crippen LogP contribution in [0.1, 0.15) is 24.8 Å². The molecule has 1 aliphatic heterocycles. The van der Waals surface area contributed by atoms with Gasteiger partial charge in [0.05, 0.1) is 21.4 Å². The van der Waals surface area contributed by atoms with Crippen LogP contribution in [-0.4, -0.2) is 33.1 Å². The van der Waals surface area contributed by atoms with E-state index in [1.54, 1.807) is 35.9 Å². The molecule has 0 aliphatic carbocycles. The lowest BCUT2D eigenvalue weighted by Gasteiger charge is -2.25. The fourth-order valence-electron chi connectivity index (χ4n) is 3.75. The maximum Gasteiger partial charge on any atom is 0.151 e. The number of phenols is 1. The van der Waals surface area contributed by atoms with E-state index >= 15 is 0 Å². The Morgan fingerprint density at radius 3 is 2.86 bits per heavy atom. The Morgan fingerprint density at radius 2 is 2.00 bits per heavy atom. The van der Waals surface area contributed by atoms with Gasteiger partial charge in [0.2, 0.25) is 0 Å². The summed E-state index contributed by atoms with van der Waals surface area (Å²) < 4.78 is 6.84. The molecule has 1 aromatic carbocycles. The van der Waals surface area contributed by atoms with Gasteiger partial charge in [0, 0.05) is 23.9 Å². The van der Waals surface area contributed by atoms with Crippen molar-refractivity contribution in [1.29, 1.82) is 0 Å². The molecule has 3 aromatic heterocycles. The molecule has 5 rings (SSSR count). The second kappa shape index (κ2) is 7.85. The normalized spacial score (nSPS) is 15.0. The number of fused-ring (bicyclic) bond motifs is 1. The minimum absolute atomic E-state index is 0.212. The average Bonchev–Trinajstić information content (AvgIpc) is 3.36. The van der Waals surface area contributed by atoms with E-state index in [2.05, 4.69) is 26.3 Å². The van der Waals surface area contributed by atoms with Crippen molar-refractivity contribution >= 4 is 33.1 Å². The number of thiophene rings is 1. The first-order valence-corrected chi connectivity index (χ1v) is 10.7. The molecule has 0 unspecified atom stereocenters. The molecule has 148 valence electrons. The van der Waals surface area contributed by atoms with Crippen molar-refractivity contribution in [1.82, 2.24) is 14.9 Å². The van der Waals surface area contributed by atoms with Crippen molar-refractivity contribution in [2.24, 2.45) is 0 Å². The first-order valence-electron chi connectivity index (χ1n) is 9.85. The predicted octanol–water partition coefficient (Wildman–Crippen LogP) is 5.39.